The van der Waals surface area contributed by atoms with Crippen LogP contribution in [0.1, 0.15) is 6.92 Å². The lowest BCUT2D eigenvalue weighted by Crippen LogP contribution is -2.22. The summed E-state index contributed by atoms with van der Waals surface area (Å²) in [6.45, 7) is 1.42. The van der Waals surface area contributed by atoms with Crippen molar-refractivity contribution in [3.05, 3.63) is 24.3 Å². The van der Waals surface area contributed by atoms with E-state index in [0.29, 0.717) is 16.3 Å². The van der Waals surface area contributed by atoms with Gasteiger partial charge in [-0.15, -0.1) is 14.6 Å². The van der Waals surface area contributed by atoms with E-state index in [9.17, 15) is 13.2 Å². The molecular weight excluding hydrogens is 368 g/mol. The average molecular weight is 384 g/mol. The van der Waals surface area contributed by atoms with Gasteiger partial charge in [-0.25, -0.2) is 4.79 Å². The number of hydrogen-bond acceptors (Lipinski definition) is 7. The number of carboxylic acid groups (broad SMARTS) is 1. The van der Waals surface area contributed by atoms with Crippen molar-refractivity contribution >= 4 is 33.7 Å². The van der Waals surface area contributed by atoms with Crippen LogP contribution in [-0.2, 0) is 14.8 Å². The topological polar surface area (TPSA) is 122 Å². The molecule has 0 spiro atoms. The van der Waals surface area contributed by atoms with Crippen LogP contribution in [0.3, 0.4) is 0 Å². The summed E-state index contributed by atoms with van der Waals surface area (Å²) in [6.07, 6.45) is 0.199. The highest BCUT2D eigenvalue weighted by molar-refractivity contribution is 7.92. The third-order valence-corrected chi connectivity index (χ3v) is 5.35. The maximum Gasteiger partial charge on any atom is 0.344 e. The molecule has 1 heterocycles. The van der Waals surface area contributed by atoms with Gasteiger partial charge in [0.05, 0.1) is 0 Å². The normalized spacial score (nSPS) is 12.9. The summed E-state index contributed by atoms with van der Waals surface area (Å²) in [4.78, 5) is 12.3. The molecule has 1 unspecified atom stereocenters. The predicted octanol–water partition coefficient (Wildman–Crippen LogP) is 1.34. The van der Waals surface area contributed by atoms with E-state index in [1.165, 1.54) is 18.2 Å². The molecule has 9 nitrogen and oxygen atoms in total. The SMILES string of the molecule is CC(Oc1ccc(-c2nnc(S(=O)(=O)/N=C/N(C)C)s2)cc1)C(=O)O. The van der Waals surface area contributed by atoms with Gasteiger partial charge >= 0.3 is 16.0 Å². The molecule has 1 aromatic carbocycles. The monoisotopic (exact) mass is 384 g/mol. The third-order valence-electron chi connectivity index (χ3n) is 2.81. The Balaban J connectivity index is 2.18. The molecule has 0 amide bonds. The Kier molecular flexibility index (Phi) is 5.69. The first-order valence-corrected chi connectivity index (χ1v) is 9.25. The van der Waals surface area contributed by atoms with E-state index in [0.717, 1.165) is 11.3 Å². The van der Waals surface area contributed by atoms with Gasteiger partial charge in [-0.05, 0) is 31.2 Å². The molecule has 1 aromatic heterocycles. The second-order valence-electron chi connectivity index (χ2n) is 5.16. The Hall–Kier alpha value is -2.53. The fourth-order valence-electron chi connectivity index (χ4n) is 1.56. The summed E-state index contributed by atoms with van der Waals surface area (Å²) in [5, 5.41) is 16.8. The van der Waals surface area contributed by atoms with E-state index in [2.05, 4.69) is 14.6 Å². The van der Waals surface area contributed by atoms with Gasteiger partial charge in [-0.3, -0.25) is 0 Å². The molecule has 25 heavy (non-hydrogen) atoms. The van der Waals surface area contributed by atoms with Crippen LogP contribution in [0.4, 0.5) is 0 Å². The lowest BCUT2D eigenvalue weighted by Gasteiger charge is -2.10. The van der Waals surface area contributed by atoms with Crippen molar-refractivity contribution in [2.75, 3.05) is 14.1 Å². The van der Waals surface area contributed by atoms with Crippen LogP contribution in [0.5, 0.6) is 5.75 Å². The van der Waals surface area contributed by atoms with Crippen LogP contribution in [0.25, 0.3) is 10.6 Å². The Bertz CT molecular complexity index is 875. The lowest BCUT2D eigenvalue weighted by molar-refractivity contribution is -0.144. The van der Waals surface area contributed by atoms with Gasteiger partial charge in [-0.2, -0.15) is 8.42 Å². The van der Waals surface area contributed by atoms with Crippen molar-refractivity contribution in [3.63, 3.8) is 0 Å². The minimum Gasteiger partial charge on any atom is -0.479 e. The molecule has 2 aromatic rings. The molecule has 11 heteroatoms. The Labute approximate surface area is 148 Å². The molecule has 0 aliphatic heterocycles. The summed E-state index contributed by atoms with van der Waals surface area (Å²) in [6, 6.07) is 6.44. The highest BCUT2D eigenvalue weighted by Crippen LogP contribution is 2.28. The average Bonchev–Trinajstić information content (AvgIpc) is 3.04. The summed E-state index contributed by atoms with van der Waals surface area (Å²) in [5.41, 5.74) is 0.630. The van der Waals surface area contributed by atoms with Gasteiger partial charge < -0.3 is 14.7 Å². The number of sulfonamides is 1. The van der Waals surface area contributed by atoms with Crippen molar-refractivity contribution in [2.24, 2.45) is 4.40 Å². The van der Waals surface area contributed by atoms with E-state index in [4.69, 9.17) is 9.84 Å². The van der Waals surface area contributed by atoms with Crippen molar-refractivity contribution in [2.45, 2.75) is 17.4 Å². The summed E-state index contributed by atoms with van der Waals surface area (Å²) >= 11 is 0.892. The molecule has 0 bridgehead atoms. The van der Waals surface area contributed by atoms with E-state index in [1.807, 2.05) is 0 Å². The van der Waals surface area contributed by atoms with Crippen molar-refractivity contribution in [1.29, 1.82) is 0 Å². The Morgan fingerprint density at radius 2 is 1.96 bits per heavy atom. The number of nitrogens with zero attached hydrogens (tertiary/aromatic N) is 4. The highest BCUT2D eigenvalue weighted by atomic mass is 32.2. The van der Waals surface area contributed by atoms with Crippen LogP contribution in [-0.4, -0.2) is 61.1 Å². The number of rotatable bonds is 7. The van der Waals surface area contributed by atoms with Crippen molar-refractivity contribution in [1.82, 2.24) is 15.1 Å². The third kappa shape index (κ3) is 4.97. The smallest absolute Gasteiger partial charge is 0.344 e. The number of aromatic nitrogens is 2. The minimum atomic E-state index is -3.89. The maximum atomic E-state index is 12.0. The fraction of sp³-hybridized carbons (Fsp3) is 0.286. The van der Waals surface area contributed by atoms with Gasteiger partial charge in [-0.1, -0.05) is 11.3 Å². The van der Waals surface area contributed by atoms with Gasteiger partial charge in [0, 0.05) is 19.7 Å². The number of carboxylic acids is 1. The fourth-order valence-corrected chi connectivity index (χ4v) is 3.48. The molecule has 0 aliphatic rings. The minimum absolute atomic E-state index is 0.208. The Morgan fingerprint density at radius 1 is 1.32 bits per heavy atom. The van der Waals surface area contributed by atoms with Crippen LogP contribution >= 0.6 is 11.3 Å². The largest absolute Gasteiger partial charge is 0.479 e. The van der Waals surface area contributed by atoms with Gasteiger partial charge in [0.2, 0.25) is 0 Å². The zero-order valence-corrected chi connectivity index (χ0v) is 15.3. The molecule has 0 aliphatic carbocycles. The molecule has 2 rings (SSSR count). The predicted molar refractivity (Wildman–Crippen MR) is 92.4 cm³/mol. The number of carbonyl (C=O) groups is 1. The molecule has 1 atom stereocenters. The standard InChI is InChI=1S/C14H16N4O5S2/c1-9(13(19)20)23-11-6-4-10(5-7-11)12-16-17-14(24-12)25(21,22)15-8-18(2)3/h4-9H,1-3H3,(H,19,20)/b15-8+. The first-order chi connectivity index (χ1) is 11.7. The molecule has 0 saturated carbocycles. The first kappa shape index (κ1) is 18.8. The maximum absolute atomic E-state index is 12.0. The lowest BCUT2D eigenvalue weighted by atomic mass is 10.2. The highest BCUT2D eigenvalue weighted by Gasteiger charge is 2.20. The molecular formula is C14H16N4O5S2. The second kappa shape index (κ2) is 7.57. The van der Waals surface area contributed by atoms with Crippen LogP contribution in [0.2, 0.25) is 0 Å². The summed E-state index contributed by atoms with van der Waals surface area (Å²) < 4.78 is 32.6. The summed E-state index contributed by atoms with van der Waals surface area (Å²) in [7, 11) is -0.589. The zero-order valence-electron chi connectivity index (χ0n) is 13.6. The van der Waals surface area contributed by atoms with Gasteiger partial charge in [0.1, 0.15) is 17.1 Å². The quantitative estimate of drug-likeness (QED) is 0.560. The van der Waals surface area contributed by atoms with E-state index in [-0.39, 0.29) is 4.34 Å². The van der Waals surface area contributed by atoms with Crippen LogP contribution < -0.4 is 4.74 Å². The van der Waals surface area contributed by atoms with E-state index in [1.54, 1.807) is 38.4 Å². The summed E-state index contributed by atoms with van der Waals surface area (Å²) in [5.74, 6) is -0.687. The molecule has 1 N–H and O–H groups in total. The molecule has 0 saturated heterocycles. The van der Waals surface area contributed by atoms with Crippen molar-refractivity contribution < 1.29 is 23.1 Å². The molecule has 134 valence electrons. The van der Waals surface area contributed by atoms with Crippen LogP contribution in [0, 0.1) is 0 Å². The van der Waals surface area contributed by atoms with E-state index >= 15 is 0 Å². The van der Waals surface area contributed by atoms with Gasteiger partial charge in [0.25, 0.3) is 4.34 Å². The second-order valence-corrected chi connectivity index (χ2v) is 7.94. The molecule has 0 radical (unpaired) electrons. The first-order valence-electron chi connectivity index (χ1n) is 6.99. The Morgan fingerprint density at radius 3 is 2.52 bits per heavy atom. The number of ether oxygens (including phenoxy) is 1. The number of benzene rings is 1. The van der Waals surface area contributed by atoms with Gasteiger partial charge in [0.15, 0.2) is 6.10 Å². The molecule has 0 fully saturated rings. The van der Waals surface area contributed by atoms with Crippen molar-refractivity contribution in [3.8, 4) is 16.3 Å². The van der Waals surface area contributed by atoms with E-state index < -0.39 is 22.1 Å². The number of aliphatic carboxylic acids is 1. The number of hydrogen-bond donors (Lipinski definition) is 1. The zero-order chi connectivity index (χ0) is 18.6. The van der Waals surface area contributed by atoms with Crippen LogP contribution in [0.15, 0.2) is 33.0 Å².